The van der Waals surface area contributed by atoms with Crippen LogP contribution in [0, 0.1) is 6.92 Å². The molecule has 0 fully saturated rings. The molecule has 2 heterocycles. The number of nitrogens with zero attached hydrogens (tertiary/aromatic N) is 4. The van der Waals surface area contributed by atoms with Crippen molar-refractivity contribution in [3.05, 3.63) is 83.8 Å². The van der Waals surface area contributed by atoms with Crippen LogP contribution in [0.25, 0.3) is 11.4 Å². The lowest BCUT2D eigenvalue weighted by molar-refractivity contribution is -0.137. The van der Waals surface area contributed by atoms with Gasteiger partial charge in [-0.25, -0.2) is 9.36 Å². The second kappa shape index (κ2) is 8.22. The van der Waals surface area contributed by atoms with Gasteiger partial charge in [-0.05, 0) is 55.5 Å². The molecule has 10 heteroatoms. The summed E-state index contributed by atoms with van der Waals surface area (Å²) in [6.45, 7) is 1.68. The summed E-state index contributed by atoms with van der Waals surface area (Å²) in [5, 5.41) is 11.2. The van der Waals surface area contributed by atoms with Crippen LogP contribution in [-0.2, 0) is 6.18 Å². The van der Waals surface area contributed by atoms with Crippen molar-refractivity contribution in [1.82, 2.24) is 19.6 Å². The van der Waals surface area contributed by atoms with Crippen LogP contribution in [0.4, 0.5) is 19.0 Å². The molecule has 0 spiro atoms. The number of hydrogen-bond acceptors (Lipinski definition) is 4. The maximum Gasteiger partial charge on any atom is 0.416 e. The maximum absolute atomic E-state index is 13.1. The predicted octanol–water partition coefficient (Wildman–Crippen LogP) is 4.65. The smallest absolute Gasteiger partial charge is 0.416 e. The van der Waals surface area contributed by atoms with E-state index in [0.717, 1.165) is 17.8 Å². The number of alkyl halides is 3. The van der Waals surface area contributed by atoms with Gasteiger partial charge in [0.2, 0.25) is 0 Å². The number of aryl methyl sites for hydroxylation is 1. The first kappa shape index (κ1) is 21.2. The predicted molar refractivity (Wildman–Crippen MR) is 111 cm³/mol. The minimum Gasteiger partial charge on any atom is -0.497 e. The number of ether oxygens (including phenoxy) is 1. The number of benzene rings is 2. The number of nitrogens with one attached hydrogen (secondary N) is 1. The van der Waals surface area contributed by atoms with Crippen molar-refractivity contribution in [1.29, 1.82) is 0 Å². The molecule has 0 aliphatic carbocycles. The highest BCUT2D eigenvalue weighted by Gasteiger charge is 2.30. The quantitative estimate of drug-likeness (QED) is 0.490. The molecule has 2 aromatic carbocycles. The molecule has 4 rings (SSSR count). The summed E-state index contributed by atoms with van der Waals surface area (Å²) in [5.74, 6) is 0.397. The molecule has 0 aliphatic rings. The molecule has 0 unspecified atom stereocenters. The molecule has 1 amide bonds. The Morgan fingerprint density at radius 1 is 1.00 bits per heavy atom. The molecule has 32 heavy (non-hydrogen) atoms. The van der Waals surface area contributed by atoms with Crippen molar-refractivity contribution < 1.29 is 22.7 Å². The average molecular weight is 441 g/mol. The van der Waals surface area contributed by atoms with Crippen molar-refractivity contribution in [3.8, 4) is 17.1 Å². The number of amides is 1. The zero-order chi connectivity index (χ0) is 22.9. The van der Waals surface area contributed by atoms with E-state index in [-0.39, 0.29) is 17.2 Å². The fourth-order valence-corrected chi connectivity index (χ4v) is 3.10. The average Bonchev–Trinajstić information content (AvgIpc) is 3.40. The third kappa shape index (κ3) is 4.34. The van der Waals surface area contributed by atoms with Gasteiger partial charge in [0.15, 0.2) is 5.69 Å². The molecule has 1 N–H and O–H groups in total. The van der Waals surface area contributed by atoms with E-state index in [4.69, 9.17) is 4.74 Å². The van der Waals surface area contributed by atoms with E-state index in [2.05, 4.69) is 15.5 Å². The molecule has 0 aliphatic heterocycles. The first-order chi connectivity index (χ1) is 15.2. The van der Waals surface area contributed by atoms with Crippen molar-refractivity contribution in [2.45, 2.75) is 13.1 Å². The van der Waals surface area contributed by atoms with Gasteiger partial charge in [0, 0.05) is 12.3 Å². The Morgan fingerprint density at radius 3 is 2.44 bits per heavy atom. The lowest BCUT2D eigenvalue weighted by Crippen LogP contribution is -2.16. The molecule has 2 aromatic heterocycles. The lowest BCUT2D eigenvalue weighted by Gasteiger charge is -2.11. The van der Waals surface area contributed by atoms with Gasteiger partial charge < -0.3 is 10.1 Å². The summed E-state index contributed by atoms with van der Waals surface area (Å²) in [5.41, 5.74) is 0.761. The molecule has 7 nitrogen and oxygen atoms in total. The molecule has 0 bridgehead atoms. The molecular formula is C22H18F3N5O2. The van der Waals surface area contributed by atoms with Gasteiger partial charge in [0.1, 0.15) is 11.6 Å². The Labute approximate surface area is 181 Å². The normalized spacial score (nSPS) is 11.4. The highest BCUT2D eigenvalue weighted by molar-refractivity contribution is 6.02. The van der Waals surface area contributed by atoms with Crippen molar-refractivity contribution >= 4 is 11.7 Å². The molecule has 4 aromatic rings. The standard InChI is InChI=1S/C22H18F3N5O2/c1-14-12-20(30(27-14)17-5-3-4-15(13-17)22(23,24)25)26-21(31)19-10-11-29(28-19)16-6-8-18(32-2)9-7-16/h3-13H,1-2H3,(H,26,31). The van der Waals surface area contributed by atoms with E-state index in [1.807, 2.05) is 0 Å². The van der Waals surface area contributed by atoms with Gasteiger partial charge in [-0.2, -0.15) is 23.4 Å². The molecule has 0 saturated carbocycles. The molecule has 0 saturated heterocycles. The van der Waals surface area contributed by atoms with Crippen LogP contribution in [0.5, 0.6) is 5.75 Å². The third-order valence-corrected chi connectivity index (χ3v) is 4.65. The fourth-order valence-electron chi connectivity index (χ4n) is 3.10. The van der Waals surface area contributed by atoms with Gasteiger partial charge in [-0.3, -0.25) is 4.79 Å². The van der Waals surface area contributed by atoms with Crippen molar-refractivity contribution in [3.63, 3.8) is 0 Å². The number of carbonyl (C=O) groups is 1. The van der Waals surface area contributed by atoms with Crippen molar-refractivity contribution in [2.75, 3.05) is 12.4 Å². The van der Waals surface area contributed by atoms with Crippen LogP contribution in [0.1, 0.15) is 21.7 Å². The van der Waals surface area contributed by atoms with Crippen LogP contribution < -0.4 is 10.1 Å². The van der Waals surface area contributed by atoms with E-state index in [1.165, 1.54) is 27.6 Å². The number of hydrogen-bond donors (Lipinski definition) is 1. The molecule has 0 radical (unpaired) electrons. The Bertz CT molecular complexity index is 1260. The largest absolute Gasteiger partial charge is 0.497 e. The number of halogens is 3. The van der Waals surface area contributed by atoms with E-state index in [9.17, 15) is 18.0 Å². The SMILES string of the molecule is COc1ccc(-n2ccc(C(=O)Nc3cc(C)nn3-c3cccc(C(F)(F)F)c3)n2)cc1. The van der Waals surface area contributed by atoms with E-state index in [1.54, 1.807) is 50.6 Å². The van der Waals surface area contributed by atoms with E-state index in [0.29, 0.717) is 11.4 Å². The minimum atomic E-state index is -4.49. The van der Waals surface area contributed by atoms with Crippen molar-refractivity contribution in [2.24, 2.45) is 0 Å². The van der Waals surface area contributed by atoms with Gasteiger partial charge in [-0.1, -0.05) is 6.07 Å². The summed E-state index contributed by atoms with van der Waals surface area (Å²) in [6.07, 6.45) is -2.86. The fraction of sp³-hybridized carbons (Fsp3) is 0.136. The first-order valence-corrected chi connectivity index (χ1v) is 9.50. The minimum absolute atomic E-state index is 0.135. The second-order valence-corrected chi connectivity index (χ2v) is 6.93. The monoisotopic (exact) mass is 441 g/mol. The van der Waals surface area contributed by atoms with Gasteiger partial charge in [-0.15, -0.1) is 0 Å². The summed E-state index contributed by atoms with van der Waals surface area (Å²) < 4.78 is 47.2. The number of carbonyl (C=O) groups excluding carboxylic acids is 1. The highest BCUT2D eigenvalue weighted by atomic mass is 19.4. The van der Waals surface area contributed by atoms with Gasteiger partial charge in [0.05, 0.1) is 29.7 Å². The van der Waals surface area contributed by atoms with E-state index < -0.39 is 17.6 Å². The first-order valence-electron chi connectivity index (χ1n) is 9.50. The number of anilines is 1. The van der Waals surface area contributed by atoms with E-state index >= 15 is 0 Å². The topological polar surface area (TPSA) is 74.0 Å². The Balaban J connectivity index is 1.58. The van der Waals surface area contributed by atoms with Crippen LogP contribution in [0.15, 0.2) is 66.9 Å². The van der Waals surface area contributed by atoms with Crippen LogP contribution in [0.2, 0.25) is 0 Å². The Morgan fingerprint density at radius 2 is 1.75 bits per heavy atom. The number of aromatic nitrogens is 4. The molecular weight excluding hydrogens is 423 g/mol. The van der Waals surface area contributed by atoms with Crippen LogP contribution in [0.3, 0.4) is 0 Å². The summed E-state index contributed by atoms with van der Waals surface area (Å²) in [4.78, 5) is 12.8. The molecule has 164 valence electrons. The zero-order valence-electron chi connectivity index (χ0n) is 17.1. The summed E-state index contributed by atoms with van der Waals surface area (Å²) in [7, 11) is 1.57. The van der Waals surface area contributed by atoms with Crippen LogP contribution >= 0.6 is 0 Å². The maximum atomic E-state index is 13.1. The summed E-state index contributed by atoms with van der Waals surface area (Å²) in [6, 6.07) is 15.0. The van der Waals surface area contributed by atoms with Gasteiger partial charge in [0.25, 0.3) is 5.91 Å². The molecule has 0 atom stereocenters. The zero-order valence-corrected chi connectivity index (χ0v) is 17.1. The number of methoxy groups -OCH3 is 1. The Hall–Kier alpha value is -4.08. The second-order valence-electron chi connectivity index (χ2n) is 6.93. The Kier molecular flexibility index (Phi) is 5.43. The highest BCUT2D eigenvalue weighted by Crippen LogP contribution is 2.31. The number of rotatable bonds is 5. The third-order valence-electron chi connectivity index (χ3n) is 4.65. The lowest BCUT2D eigenvalue weighted by atomic mass is 10.2. The summed E-state index contributed by atoms with van der Waals surface area (Å²) >= 11 is 0. The van der Waals surface area contributed by atoms with Gasteiger partial charge >= 0.3 is 6.18 Å². The van der Waals surface area contributed by atoms with Crippen LogP contribution in [-0.4, -0.2) is 32.6 Å².